The van der Waals surface area contributed by atoms with Crippen molar-refractivity contribution in [2.75, 3.05) is 0 Å². The highest BCUT2D eigenvalue weighted by Crippen LogP contribution is 2.23. The van der Waals surface area contributed by atoms with Crippen molar-refractivity contribution >= 4 is 17.3 Å². The van der Waals surface area contributed by atoms with E-state index in [4.69, 9.17) is 5.11 Å². The third kappa shape index (κ3) is 2.43. The van der Waals surface area contributed by atoms with Gasteiger partial charge in [0.1, 0.15) is 5.82 Å². The molecule has 1 N–H and O–H groups in total. The van der Waals surface area contributed by atoms with Gasteiger partial charge in [-0.05, 0) is 24.4 Å². The average Bonchev–Trinajstić information content (AvgIpc) is 2.67. The molecule has 2 aromatic rings. The minimum atomic E-state index is -0.879. The standard InChI is InChI=1S/C11H10N2O2S/c1-7-12-8(6-11(14)15)5-9(13-7)10-3-2-4-16-10/h2-5H,6H2,1H3,(H,14,15). The van der Waals surface area contributed by atoms with Gasteiger partial charge in [0.2, 0.25) is 0 Å². The van der Waals surface area contributed by atoms with Crippen molar-refractivity contribution in [3.8, 4) is 10.6 Å². The number of carboxylic acid groups (broad SMARTS) is 1. The minimum absolute atomic E-state index is 0.0677. The number of carbonyl (C=O) groups is 1. The van der Waals surface area contributed by atoms with E-state index < -0.39 is 5.97 Å². The summed E-state index contributed by atoms with van der Waals surface area (Å²) >= 11 is 1.57. The molecule has 0 spiro atoms. The molecule has 0 aliphatic rings. The predicted molar refractivity (Wildman–Crippen MR) is 61.4 cm³/mol. The molecule has 0 radical (unpaired) electrons. The fraction of sp³-hybridized carbons (Fsp3) is 0.182. The molecule has 0 amide bonds. The summed E-state index contributed by atoms with van der Waals surface area (Å²) in [4.78, 5) is 20.0. The highest BCUT2D eigenvalue weighted by atomic mass is 32.1. The van der Waals surface area contributed by atoms with Crippen molar-refractivity contribution in [3.05, 3.63) is 35.1 Å². The van der Waals surface area contributed by atoms with Gasteiger partial charge in [-0.3, -0.25) is 4.79 Å². The quantitative estimate of drug-likeness (QED) is 0.883. The van der Waals surface area contributed by atoms with Gasteiger partial charge in [0.05, 0.1) is 22.7 Å². The zero-order chi connectivity index (χ0) is 11.5. The van der Waals surface area contributed by atoms with Crippen molar-refractivity contribution in [3.63, 3.8) is 0 Å². The Morgan fingerprint density at radius 1 is 1.50 bits per heavy atom. The van der Waals surface area contributed by atoms with Crippen LogP contribution in [0, 0.1) is 6.92 Å². The Morgan fingerprint density at radius 2 is 2.31 bits per heavy atom. The van der Waals surface area contributed by atoms with Gasteiger partial charge < -0.3 is 5.11 Å². The number of hydrogen-bond acceptors (Lipinski definition) is 4. The van der Waals surface area contributed by atoms with Crippen LogP contribution in [-0.4, -0.2) is 21.0 Å². The molecule has 82 valence electrons. The molecule has 0 aliphatic carbocycles. The molecule has 0 unspecified atom stereocenters. The summed E-state index contributed by atoms with van der Waals surface area (Å²) in [6.07, 6.45) is -0.0677. The Balaban J connectivity index is 2.40. The van der Waals surface area contributed by atoms with Crippen molar-refractivity contribution < 1.29 is 9.90 Å². The van der Waals surface area contributed by atoms with Crippen LogP contribution in [0.25, 0.3) is 10.6 Å². The number of aromatic nitrogens is 2. The van der Waals surface area contributed by atoms with E-state index in [0.717, 1.165) is 10.6 Å². The molecule has 0 saturated carbocycles. The smallest absolute Gasteiger partial charge is 0.309 e. The van der Waals surface area contributed by atoms with E-state index in [1.54, 1.807) is 24.3 Å². The molecular weight excluding hydrogens is 224 g/mol. The van der Waals surface area contributed by atoms with Crippen LogP contribution in [-0.2, 0) is 11.2 Å². The van der Waals surface area contributed by atoms with Gasteiger partial charge in [0.25, 0.3) is 0 Å². The Hall–Kier alpha value is -1.75. The molecule has 5 heteroatoms. The summed E-state index contributed by atoms with van der Waals surface area (Å²) in [5.41, 5.74) is 1.34. The van der Waals surface area contributed by atoms with Gasteiger partial charge in [-0.1, -0.05) is 6.07 Å². The number of hydrogen-bond donors (Lipinski definition) is 1. The molecule has 0 fully saturated rings. The lowest BCUT2D eigenvalue weighted by Gasteiger charge is -2.02. The lowest BCUT2D eigenvalue weighted by Crippen LogP contribution is -2.04. The maximum atomic E-state index is 10.6. The van der Waals surface area contributed by atoms with Crippen LogP contribution in [0.5, 0.6) is 0 Å². The maximum absolute atomic E-state index is 10.6. The Morgan fingerprint density at radius 3 is 2.94 bits per heavy atom. The fourth-order valence-electron chi connectivity index (χ4n) is 1.43. The van der Waals surface area contributed by atoms with Gasteiger partial charge in [-0.15, -0.1) is 11.3 Å². The van der Waals surface area contributed by atoms with Crippen LogP contribution in [0.1, 0.15) is 11.5 Å². The van der Waals surface area contributed by atoms with Crippen LogP contribution in [0.3, 0.4) is 0 Å². The third-order valence-electron chi connectivity index (χ3n) is 2.00. The van der Waals surface area contributed by atoms with E-state index >= 15 is 0 Å². The summed E-state index contributed by atoms with van der Waals surface area (Å²) in [6.45, 7) is 1.77. The Kier molecular flexibility index (Phi) is 2.96. The fourth-order valence-corrected chi connectivity index (χ4v) is 2.11. The zero-order valence-corrected chi connectivity index (χ0v) is 9.49. The second-order valence-electron chi connectivity index (χ2n) is 3.34. The van der Waals surface area contributed by atoms with Crippen molar-refractivity contribution in [1.29, 1.82) is 0 Å². The number of aliphatic carboxylic acids is 1. The molecule has 16 heavy (non-hydrogen) atoms. The number of nitrogens with zero attached hydrogens (tertiary/aromatic N) is 2. The molecule has 2 heterocycles. The van der Waals surface area contributed by atoms with Gasteiger partial charge in [-0.25, -0.2) is 9.97 Å². The summed E-state index contributed by atoms with van der Waals surface area (Å²) in [5.74, 6) is -0.280. The SMILES string of the molecule is Cc1nc(CC(=O)O)cc(-c2cccs2)n1. The minimum Gasteiger partial charge on any atom is -0.481 e. The van der Waals surface area contributed by atoms with Crippen LogP contribution < -0.4 is 0 Å². The summed E-state index contributed by atoms with van der Waals surface area (Å²) in [6, 6.07) is 5.62. The summed E-state index contributed by atoms with van der Waals surface area (Å²) < 4.78 is 0. The molecular formula is C11H10N2O2S. The zero-order valence-electron chi connectivity index (χ0n) is 8.67. The van der Waals surface area contributed by atoms with E-state index in [0.29, 0.717) is 11.5 Å². The van der Waals surface area contributed by atoms with Crippen molar-refractivity contribution in [2.45, 2.75) is 13.3 Å². The van der Waals surface area contributed by atoms with Gasteiger partial charge in [0.15, 0.2) is 0 Å². The lowest BCUT2D eigenvalue weighted by atomic mass is 10.2. The number of rotatable bonds is 3. The lowest BCUT2D eigenvalue weighted by molar-refractivity contribution is -0.136. The van der Waals surface area contributed by atoms with Crippen LogP contribution in [0.4, 0.5) is 0 Å². The molecule has 0 aromatic carbocycles. The Bertz CT molecular complexity index is 509. The predicted octanol–water partition coefficient (Wildman–Crippen LogP) is 2.14. The number of carboxylic acids is 1. The van der Waals surface area contributed by atoms with Crippen molar-refractivity contribution in [2.24, 2.45) is 0 Å². The normalized spacial score (nSPS) is 10.3. The van der Waals surface area contributed by atoms with Gasteiger partial charge >= 0.3 is 5.97 Å². The molecule has 2 aromatic heterocycles. The van der Waals surface area contributed by atoms with Crippen LogP contribution >= 0.6 is 11.3 Å². The summed E-state index contributed by atoms with van der Waals surface area (Å²) in [7, 11) is 0. The maximum Gasteiger partial charge on any atom is 0.309 e. The molecule has 4 nitrogen and oxygen atoms in total. The van der Waals surface area contributed by atoms with Gasteiger partial charge in [0, 0.05) is 0 Å². The molecule has 2 rings (SSSR count). The largest absolute Gasteiger partial charge is 0.481 e. The molecule has 0 atom stereocenters. The van der Waals surface area contributed by atoms with E-state index in [1.807, 2.05) is 17.5 Å². The van der Waals surface area contributed by atoms with E-state index in [-0.39, 0.29) is 6.42 Å². The highest BCUT2D eigenvalue weighted by molar-refractivity contribution is 7.13. The summed E-state index contributed by atoms with van der Waals surface area (Å²) in [5, 5.41) is 10.7. The number of thiophene rings is 1. The monoisotopic (exact) mass is 234 g/mol. The van der Waals surface area contributed by atoms with E-state index in [1.165, 1.54) is 0 Å². The second kappa shape index (κ2) is 4.40. The number of aryl methyl sites for hydroxylation is 1. The first kappa shape index (κ1) is 10.8. The van der Waals surface area contributed by atoms with E-state index in [2.05, 4.69) is 9.97 Å². The molecule has 0 bridgehead atoms. The van der Waals surface area contributed by atoms with Gasteiger partial charge in [-0.2, -0.15) is 0 Å². The topological polar surface area (TPSA) is 63.1 Å². The first-order chi connectivity index (χ1) is 7.65. The molecule has 0 saturated heterocycles. The molecule has 0 aliphatic heterocycles. The van der Waals surface area contributed by atoms with Crippen LogP contribution in [0.2, 0.25) is 0 Å². The highest BCUT2D eigenvalue weighted by Gasteiger charge is 2.07. The van der Waals surface area contributed by atoms with Crippen LogP contribution in [0.15, 0.2) is 23.6 Å². The van der Waals surface area contributed by atoms with E-state index in [9.17, 15) is 4.79 Å². The second-order valence-corrected chi connectivity index (χ2v) is 4.29. The first-order valence-electron chi connectivity index (χ1n) is 4.75. The average molecular weight is 234 g/mol. The first-order valence-corrected chi connectivity index (χ1v) is 5.63. The Labute approximate surface area is 96.6 Å². The van der Waals surface area contributed by atoms with Crippen molar-refractivity contribution in [1.82, 2.24) is 9.97 Å². The third-order valence-corrected chi connectivity index (χ3v) is 2.89.